The van der Waals surface area contributed by atoms with Gasteiger partial charge in [0.05, 0.1) is 5.92 Å². The van der Waals surface area contributed by atoms with Crippen LogP contribution in [0.15, 0.2) is 36.4 Å². The Kier molecular flexibility index (Phi) is 4.58. The van der Waals surface area contributed by atoms with Crippen LogP contribution in [0.5, 0.6) is 0 Å². The molecule has 110 valence electrons. The molecule has 2 atom stereocenters. The first-order chi connectivity index (χ1) is 9.95. The first-order valence-electron chi connectivity index (χ1n) is 6.92. The zero-order chi connectivity index (χ0) is 15.4. The minimum absolute atomic E-state index is 0.206. The summed E-state index contributed by atoms with van der Waals surface area (Å²) in [4.78, 5) is 22.7. The number of carboxylic acids is 1. The van der Waals surface area contributed by atoms with Crippen molar-refractivity contribution < 1.29 is 14.7 Å². The van der Waals surface area contributed by atoms with Crippen LogP contribution in [0.1, 0.15) is 23.1 Å². The molecule has 4 heteroatoms. The first kappa shape index (κ1) is 15.0. The highest BCUT2D eigenvalue weighted by Gasteiger charge is 2.24. The first-order valence-corrected chi connectivity index (χ1v) is 6.92. The lowest BCUT2D eigenvalue weighted by Gasteiger charge is -2.10. The lowest BCUT2D eigenvalue weighted by molar-refractivity contribution is -0.140. The molecule has 2 rings (SSSR count). The third kappa shape index (κ3) is 4.05. The minimum Gasteiger partial charge on any atom is -0.481 e. The van der Waals surface area contributed by atoms with Gasteiger partial charge in [0.1, 0.15) is 0 Å². The van der Waals surface area contributed by atoms with Crippen molar-refractivity contribution in [2.24, 2.45) is 5.92 Å². The maximum Gasteiger partial charge on any atom is 0.310 e. The second-order valence-corrected chi connectivity index (χ2v) is 5.37. The van der Waals surface area contributed by atoms with E-state index in [-0.39, 0.29) is 11.9 Å². The molecule has 2 unspecified atom stereocenters. The van der Waals surface area contributed by atoms with Crippen LogP contribution < -0.4 is 5.32 Å². The number of aliphatic carboxylic acids is 1. The molecule has 0 aromatic heterocycles. The second kappa shape index (κ2) is 6.39. The van der Waals surface area contributed by atoms with Crippen molar-refractivity contribution in [2.45, 2.75) is 26.3 Å². The molecule has 2 N–H and O–H groups in total. The molecule has 1 aromatic rings. The van der Waals surface area contributed by atoms with Crippen LogP contribution >= 0.6 is 0 Å². The van der Waals surface area contributed by atoms with Crippen molar-refractivity contribution in [1.29, 1.82) is 0 Å². The molecule has 0 aliphatic heterocycles. The third-order valence-corrected chi connectivity index (χ3v) is 3.57. The van der Waals surface area contributed by atoms with Gasteiger partial charge in [-0.2, -0.15) is 0 Å². The SMILES string of the molecule is Cc1ccc(C=CC(=O)NC2C=CC(C(=O)O)C2)c(C)c1. The van der Waals surface area contributed by atoms with E-state index in [1.807, 2.05) is 26.0 Å². The highest BCUT2D eigenvalue weighted by atomic mass is 16.4. The molecule has 0 saturated carbocycles. The van der Waals surface area contributed by atoms with Crippen LogP contribution in [-0.2, 0) is 9.59 Å². The minimum atomic E-state index is -0.853. The predicted molar refractivity (Wildman–Crippen MR) is 81.8 cm³/mol. The van der Waals surface area contributed by atoms with E-state index in [1.165, 1.54) is 11.6 Å². The summed E-state index contributed by atoms with van der Waals surface area (Å²) >= 11 is 0. The van der Waals surface area contributed by atoms with Crippen LogP contribution in [-0.4, -0.2) is 23.0 Å². The largest absolute Gasteiger partial charge is 0.481 e. The van der Waals surface area contributed by atoms with E-state index in [2.05, 4.69) is 11.4 Å². The smallest absolute Gasteiger partial charge is 0.310 e. The van der Waals surface area contributed by atoms with E-state index in [1.54, 1.807) is 18.2 Å². The molecule has 0 saturated heterocycles. The fraction of sp³-hybridized carbons (Fsp3) is 0.294. The zero-order valence-corrected chi connectivity index (χ0v) is 12.2. The third-order valence-electron chi connectivity index (χ3n) is 3.57. The molecule has 0 bridgehead atoms. The predicted octanol–water partition coefficient (Wildman–Crippen LogP) is 2.46. The summed E-state index contributed by atoms with van der Waals surface area (Å²) in [5.74, 6) is -1.57. The zero-order valence-electron chi connectivity index (χ0n) is 12.2. The summed E-state index contributed by atoms with van der Waals surface area (Å²) < 4.78 is 0. The number of carbonyl (C=O) groups is 2. The summed E-state index contributed by atoms with van der Waals surface area (Å²) in [5, 5.41) is 11.7. The lowest BCUT2D eigenvalue weighted by atomic mass is 10.1. The number of carbonyl (C=O) groups excluding carboxylic acids is 1. The van der Waals surface area contributed by atoms with Crippen LogP contribution in [0, 0.1) is 19.8 Å². The Morgan fingerprint density at radius 1 is 1.29 bits per heavy atom. The highest BCUT2D eigenvalue weighted by molar-refractivity contribution is 5.92. The van der Waals surface area contributed by atoms with E-state index in [0.29, 0.717) is 6.42 Å². The van der Waals surface area contributed by atoms with Crippen LogP contribution in [0.4, 0.5) is 0 Å². The van der Waals surface area contributed by atoms with Gasteiger partial charge in [-0.15, -0.1) is 0 Å². The van der Waals surface area contributed by atoms with Gasteiger partial charge in [-0.05, 0) is 37.5 Å². The lowest BCUT2D eigenvalue weighted by Crippen LogP contribution is -2.31. The van der Waals surface area contributed by atoms with Crippen molar-refractivity contribution >= 4 is 18.0 Å². The monoisotopic (exact) mass is 285 g/mol. The number of amides is 1. The Morgan fingerprint density at radius 2 is 2.05 bits per heavy atom. The van der Waals surface area contributed by atoms with E-state index in [0.717, 1.165) is 11.1 Å². The molecule has 0 heterocycles. The van der Waals surface area contributed by atoms with Crippen molar-refractivity contribution in [3.63, 3.8) is 0 Å². The van der Waals surface area contributed by atoms with E-state index in [4.69, 9.17) is 5.11 Å². The van der Waals surface area contributed by atoms with E-state index < -0.39 is 11.9 Å². The Balaban J connectivity index is 1.92. The normalized spacial score (nSPS) is 20.9. The second-order valence-electron chi connectivity index (χ2n) is 5.37. The van der Waals surface area contributed by atoms with Gasteiger partial charge >= 0.3 is 5.97 Å². The molecular weight excluding hydrogens is 266 g/mol. The standard InChI is InChI=1S/C17H19NO3/c1-11-3-4-13(12(2)9-11)6-8-16(19)18-15-7-5-14(10-15)17(20)21/h3-9,14-15H,10H2,1-2H3,(H,18,19)(H,20,21). The van der Waals surface area contributed by atoms with Gasteiger partial charge in [0.25, 0.3) is 0 Å². The topological polar surface area (TPSA) is 66.4 Å². The van der Waals surface area contributed by atoms with Crippen molar-refractivity contribution in [1.82, 2.24) is 5.32 Å². The van der Waals surface area contributed by atoms with Gasteiger partial charge in [0.2, 0.25) is 5.91 Å². The molecule has 4 nitrogen and oxygen atoms in total. The summed E-state index contributed by atoms with van der Waals surface area (Å²) in [6.45, 7) is 4.03. The quantitative estimate of drug-likeness (QED) is 0.659. The highest BCUT2D eigenvalue weighted by Crippen LogP contribution is 2.18. The van der Waals surface area contributed by atoms with Gasteiger partial charge in [-0.25, -0.2) is 0 Å². The Bertz CT molecular complexity index is 616. The average Bonchev–Trinajstić information content (AvgIpc) is 2.86. The van der Waals surface area contributed by atoms with Crippen LogP contribution in [0.3, 0.4) is 0 Å². The number of hydrogen-bond acceptors (Lipinski definition) is 2. The van der Waals surface area contributed by atoms with Gasteiger partial charge in [0.15, 0.2) is 0 Å². The molecule has 1 aliphatic rings. The number of nitrogens with one attached hydrogen (secondary N) is 1. The van der Waals surface area contributed by atoms with Crippen molar-refractivity contribution in [3.8, 4) is 0 Å². The molecule has 0 radical (unpaired) electrons. The molecule has 1 amide bonds. The molecule has 1 aliphatic carbocycles. The Labute approximate surface area is 124 Å². The number of aryl methyl sites for hydroxylation is 2. The maximum absolute atomic E-state index is 11.8. The van der Waals surface area contributed by atoms with Crippen LogP contribution in [0.2, 0.25) is 0 Å². The van der Waals surface area contributed by atoms with Crippen LogP contribution in [0.25, 0.3) is 6.08 Å². The van der Waals surface area contributed by atoms with Gasteiger partial charge in [0, 0.05) is 12.1 Å². The summed E-state index contributed by atoms with van der Waals surface area (Å²) in [7, 11) is 0. The molecule has 0 spiro atoms. The Hall–Kier alpha value is -2.36. The molecular formula is C17H19NO3. The summed E-state index contributed by atoms with van der Waals surface area (Å²) in [6, 6.07) is 5.84. The Morgan fingerprint density at radius 3 is 2.67 bits per heavy atom. The summed E-state index contributed by atoms with van der Waals surface area (Å²) in [5.41, 5.74) is 3.30. The molecule has 0 fully saturated rings. The van der Waals surface area contributed by atoms with Gasteiger partial charge < -0.3 is 10.4 Å². The fourth-order valence-electron chi connectivity index (χ4n) is 2.40. The molecule has 1 aromatic carbocycles. The van der Waals surface area contributed by atoms with Gasteiger partial charge in [-0.3, -0.25) is 9.59 Å². The summed E-state index contributed by atoms with van der Waals surface area (Å²) in [6.07, 6.45) is 7.04. The van der Waals surface area contributed by atoms with E-state index >= 15 is 0 Å². The molecule has 21 heavy (non-hydrogen) atoms. The average molecular weight is 285 g/mol. The van der Waals surface area contributed by atoms with E-state index in [9.17, 15) is 9.59 Å². The maximum atomic E-state index is 11.8. The van der Waals surface area contributed by atoms with Crippen molar-refractivity contribution in [3.05, 3.63) is 53.1 Å². The number of hydrogen-bond donors (Lipinski definition) is 2. The number of carboxylic acid groups (broad SMARTS) is 1. The van der Waals surface area contributed by atoms with Crippen molar-refractivity contribution in [2.75, 3.05) is 0 Å². The van der Waals surface area contributed by atoms with Gasteiger partial charge in [-0.1, -0.05) is 35.9 Å². The fourth-order valence-corrected chi connectivity index (χ4v) is 2.40. The number of rotatable bonds is 4. The number of benzene rings is 1.